The summed E-state index contributed by atoms with van der Waals surface area (Å²) in [6, 6.07) is 9.62. The number of fused-ring (bicyclic) bond motifs is 1. The fourth-order valence-electron chi connectivity index (χ4n) is 2.11. The zero-order valence-corrected chi connectivity index (χ0v) is 11.0. The number of benzene rings is 2. The van der Waals surface area contributed by atoms with E-state index in [0.717, 1.165) is 6.07 Å². The summed E-state index contributed by atoms with van der Waals surface area (Å²) in [7, 11) is 1.54. The maximum absolute atomic E-state index is 13.6. The largest absolute Gasteiger partial charge is 0.497 e. The molecule has 0 aliphatic heterocycles. The molecule has 0 radical (unpaired) electrons. The summed E-state index contributed by atoms with van der Waals surface area (Å²) in [5.74, 6) is -0.839. The maximum Gasteiger partial charge on any atom is 0.196 e. The molecule has 0 fully saturated rings. The topological polar surface area (TPSA) is 39.4 Å². The van der Waals surface area contributed by atoms with Crippen molar-refractivity contribution in [1.82, 2.24) is 0 Å². The third-order valence-corrected chi connectivity index (χ3v) is 3.12. The van der Waals surface area contributed by atoms with E-state index in [1.165, 1.54) is 13.2 Å². The average molecular weight is 288 g/mol. The van der Waals surface area contributed by atoms with Gasteiger partial charge in [0.05, 0.1) is 7.11 Å². The molecule has 3 aromatic rings. The maximum atomic E-state index is 13.6. The van der Waals surface area contributed by atoms with Crippen LogP contribution in [0.25, 0.3) is 22.3 Å². The van der Waals surface area contributed by atoms with Crippen molar-refractivity contribution in [2.24, 2.45) is 0 Å². The molecule has 0 saturated heterocycles. The Morgan fingerprint density at radius 2 is 1.76 bits per heavy atom. The van der Waals surface area contributed by atoms with Crippen molar-refractivity contribution in [2.45, 2.75) is 0 Å². The Bertz CT molecular complexity index is 867. The molecule has 0 N–H and O–H groups in total. The summed E-state index contributed by atoms with van der Waals surface area (Å²) in [6.45, 7) is 0. The van der Waals surface area contributed by atoms with Crippen molar-refractivity contribution in [3.63, 3.8) is 0 Å². The van der Waals surface area contributed by atoms with Crippen LogP contribution in [0.15, 0.2) is 51.7 Å². The fourth-order valence-corrected chi connectivity index (χ4v) is 2.11. The molecule has 0 atom stereocenters. The molecule has 0 aliphatic carbocycles. The van der Waals surface area contributed by atoms with E-state index in [2.05, 4.69) is 0 Å². The molecular formula is C16H10F2O3. The SMILES string of the molecule is COc1ccc(-c2cc(=O)c3c(F)cc(F)cc3o2)cc1. The Kier molecular flexibility index (Phi) is 3.17. The number of hydrogen-bond donors (Lipinski definition) is 0. The van der Waals surface area contributed by atoms with Gasteiger partial charge in [0.25, 0.3) is 0 Å². The number of halogens is 2. The first-order valence-electron chi connectivity index (χ1n) is 6.16. The van der Waals surface area contributed by atoms with E-state index in [-0.39, 0.29) is 16.7 Å². The summed E-state index contributed by atoms with van der Waals surface area (Å²) in [5, 5.41) is -0.256. The second-order valence-corrected chi connectivity index (χ2v) is 4.46. The molecule has 0 aliphatic rings. The van der Waals surface area contributed by atoms with Crippen LogP contribution in [-0.4, -0.2) is 7.11 Å². The monoisotopic (exact) mass is 288 g/mol. The van der Waals surface area contributed by atoms with Gasteiger partial charge in [0.1, 0.15) is 34.1 Å². The van der Waals surface area contributed by atoms with Crippen LogP contribution in [0.5, 0.6) is 5.75 Å². The highest BCUT2D eigenvalue weighted by molar-refractivity contribution is 5.79. The first-order chi connectivity index (χ1) is 10.1. The number of hydrogen-bond acceptors (Lipinski definition) is 3. The van der Waals surface area contributed by atoms with E-state index in [1.807, 2.05) is 0 Å². The van der Waals surface area contributed by atoms with E-state index in [9.17, 15) is 13.6 Å². The first kappa shape index (κ1) is 13.3. The number of rotatable bonds is 2. The van der Waals surface area contributed by atoms with E-state index in [4.69, 9.17) is 9.15 Å². The van der Waals surface area contributed by atoms with Crippen LogP contribution in [0.4, 0.5) is 8.78 Å². The van der Waals surface area contributed by atoms with Gasteiger partial charge in [-0.1, -0.05) is 0 Å². The quantitative estimate of drug-likeness (QED) is 0.721. The van der Waals surface area contributed by atoms with Crippen molar-refractivity contribution in [3.8, 4) is 17.1 Å². The molecule has 21 heavy (non-hydrogen) atoms. The Hall–Kier alpha value is -2.69. The molecule has 0 unspecified atom stereocenters. The van der Waals surface area contributed by atoms with Crippen molar-refractivity contribution >= 4 is 11.0 Å². The number of methoxy groups -OCH3 is 1. The highest BCUT2D eigenvalue weighted by Crippen LogP contribution is 2.25. The van der Waals surface area contributed by atoms with Gasteiger partial charge in [-0.2, -0.15) is 0 Å². The summed E-state index contributed by atoms with van der Waals surface area (Å²) >= 11 is 0. The van der Waals surface area contributed by atoms with Crippen LogP contribution in [0.2, 0.25) is 0 Å². The smallest absolute Gasteiger partial charge is 0.196 e. The minimum atomic E-state index is -0.931. The second kappa shape index (κ2) is 5.01. The molecule has 0 spiro atoms. The van der Waals surface area contributed by atoms with Crippen LogP contribution >= 0.6 is 0 Å². The van der Waals surface area contributed by atoms with Crippen molar-refractivity contribution in [1.29, 1.82) is 0 Å². The Morgan fingerprint density at radius 3 is 2.43 bits per heavy atom. The molecule has 0 saturated carbocycles. The standard InChI is InChI=1S/C16H10F2O3/c1-20-11-4-2-9(3-5-11)14-8-13(19)16-12(18)6-10(17)7-15(16)21-14/h2-8H,1H3. The molecule has 3 nitrogen and oxygen atoms in total. The van der Waals surface area contributed by atoms with Crippen LogP contribution in [0.3, 0.4) is 0 Å². The van der Waals surface area contributed by atoms with Crippen molar-refractivity contribution in [2.75, 3.05) is 7.11 Å². The normalized spacial score (nSPS) is 10.8. The Balaban J connectivity index is 2.22. The van der Waals surface area contributed by atoms with Crippen LogP contribution in [-0.2, 0) is 0 Å². The highest BCUT2D eigenvalue weighted by Gasteiger charge is 2.12. The van der Waals surface area contributed by atoms with E-state index >= 15 is 0 Å². The van der Waals surface area contributed by atoms with Crippen molar-refractivity contribution in [3.05, 3.63) is 64.3 Å². The van der Waals surface area contributed by atoms with Gasteiger partial charge in [-0.05, 0) is 24.3 Å². The first-order valence-corrected chi connectivity index (χ1v) is 6.16. The number of ether oxygens (including phenoxy) is 1. The van der Waals surface area contributed by atoms with E-state index in [0.29, 0.717) is 17.4 Å². The lowest BCUT2D eigenvalue weighted by Crippen LogP contribution is -2.03. The molecule has 2 aromatic carbocycles. The molecule has 3 rings (SSSR count). The molecule has 0 bridgehead atoms. The Labute approximate surface area is 118 Å². The lowest BCUT2D eigenvalue weighted by molar-refractivity contribution is 0.415. The lowest BCUT2D eigenvalue weighted by atomic mass is 10.1. The van der Waals surface area contributed by atoms with Gasteiger partial charge < -0.3 is 9.15 Å². The van der Waals surface area contributed by atoms with Gasteiger partial charge in [0, 0.05) is 23.8 Å². The minimum absolute atomic E-state index is 0.120. The average Bonchev–Trinajstić information content (AvgIpc) is 2.46. The predicted octanol–water partition coefficient (Wildman–Crippen LogP) is 3.75. The summed E-state index contributed by atoms with van der Waals surface area (Å²) in [4.78, 5) is 12.0. The van der Waals surface area contributed by atoms with Gasteiger partial charge >= 0.3 is 0 Å². The summed E-state index contributed by atoms with van der Waals surface area (Å²) < 4.78 is 37.3. The molecule has 1 heterocycles. The second-order valence-electron chi connectivity index (χ2n) is 4.46. The summed E-state index contributed by atoms with van der Waals surface area (Å²) in [5.41, 5.74) is -0.0649. The van der Waals surface area contributed by atoms with Crippen LogP contribution < -0.4 is 10.2 Å². The van der Waals surface area contributed by atoms with Crippen molar-refractivity contribution < 1.29 is 17.9 Å². The van der Waals surface area contributed by atoms with Gasteiger partial charge in [-0.15, -0.1) is 0 Å². The third-order valence-electron chi connectivity index (χ3n) is 3.12. The van der Waals surface area contributed by atoms with Crippen LogP contribution in [0, 0.1) is 11.6 Å². The van der Waals surface area contributed by atoms with Crippen LogP contribution in [0.1, 0.15) is 0 Å². The summed E-state index contributed by atoms with van der Waals surface area (Å²) in [6.07, 6.45) is 0. The van der Waals surface area contributed by atoms with Gasteiger partial charge in [0.15, 0.2) is 5.43 Å². The van der Waals surface area contributed by atoms with Gasteiger partial charge in [0.2, 0.25) is 0 Å². The molecule has 106 valence electrons. The highest BCUT2D eigenvalue weighted by atomic mass is 19.1. The predicted molar refractivity (Wildman–Crippen MR) is 74.4 cm³/mol. The van der Waals surface area contributed by atoms with Gasteiger partial charge in [-0.25, -0.2) is 8.78 Å². The lowest BCUT2D eigenvalue weighted by Gasteiger charge is -2.05. The molecule has 5 heteroatoms. The third kappa shape index (κ3) is 2.38. The Morgan fingerprint density at radius 1 is 1.05 bits per heavy atom. The van der Waals surface area contributed by atoms with E-state index < -0.39 is 17.1 Å². The van der Waals surface area contributed by atoms with Gasteiger partial charge in [-0.3, -0.25) is 4.79 Å². The minimum Gasteiger partial charge on any atom is -0.497 e. The zero-order chi connectivity index (χ0) is 15.0. The molecular weight excluding hydrogens is 278 g/mol. The zero-order valence-electron chi connectivity index (χ0n) is 11.0. The van der Waals surface area contributed by atoms with E-state index in [1.54, 1.807) is 24.3 Å². The molecule has 0 amide bonds. The fraction of sp³-hybridized carbons (Fsp3) is 0.0625. The molecule has 1 aromatic heterocycles.